The lowest BCUT2D eigenvalue weighted by Crippen LogP contribution is -2.14. The van der Waals surface area contributed by atoms with Crippen LogP contribution in [0.1, 0.15) is 15.9 Å². The Labute approximate surface area is 212 Å². The van der Waals surface area contributed by atoms with Gasteiger partial charge in [-0.05, 0) is 73.3 Å². The van der Waals surface area contributed by atoms with Crippen molar-refractivity contribution in [1.82, 2.24) is 14.3 Å². The zero-order valence-corrected chi connectivity index (χ0v) is 21.0. The van der Waals surface area contributed by atoms with Crippen LogP contribution in [0.15, 0.2) is 89.0 Å². The van der Waals surface area contributed by atoms with Gasteiger partial charge in [0.05, 0.1) is 16.2 Å². The van der Waals surface area contributed by atoms with Gasteiger partial charge in [-0.1, -0.05) is 0 Å². The second-order valence-electron chi connectivity index (χ2n) is 7.85. The van der Waals surface area contributed by atoms with E-state index < -0.39 is 31.8 Å². The molecule has 13 heteroatoms. The summed E-state index contributed by atoms with van der Waals surface area (Å²) >= 11 is 0. The van der Waals surface area contributed by atoms with Crippen molar-refractivity contribution in [3.8, 4) is 17.0 Å². The van der Waals surface area contributed by atoms with E-state index in [1.807, 2.05) is 0 Å². The van der Waals surface area contributed by atoms with Crippen LogP contribution in [0, 0.1) is 5.82 Å². The molecule has 0 spiro atoms. The lowest BCUT2D eigenvalue weighted by molar-refractivity contribution is 0.0734. The minimum Gasteiger partial charge on any atom is -0.423 e. The summed E-state index contributed by atoms with van der Waals surface area (Å²) in [7, 11) is -6.39. The number of rotatable bonds is 8. The third kappa shape index (κ3) is 5.59. The third-order valence-electron chi connectivity index (χ3n) is 5.26. The maximum Gasteiger partial charge on any atom is 0.343 e. The molecule has 37 heavy (non-hydrogen) atoms. The number of benzene rings is 2. The van der Waals surface area contributed by atoms with Gasteiger partial charge < -0.3 is 10.1 Å². The van der Waals surface area contributed by atoms with Gasteiger partial charge in [-0.3, -0.25) is 4.98 Å². The molecule has 0 aliphatic rings. The molecule has 0 aliphatic carbocycles. The fourth-order valence-corrected chi connectivity index (χ4v) is 5.39. The van der Waals surface area contributed by atoms with Crippen molar-refractivity contribution in [2.45, 2.75) is 16.3 Å². The number of esters is 1. The highest BCUT2D eigenvalue weighted by molar-refractivity contribution is 7.90. The van der Waals surface area contributed by atoms with Crippen LogP contribution >= 0.6 is 0 Å². The van der Waals surface area contributed by atoms with Gasteiger partial charge in [-0.25, -0.2) is 35.1 Å². The van der Waals surface area contributed by atoms with Gasteiger partial charge in [0.15, 0.2) is 0 Å². The normalized spacial score (nSPS) is 11.9. The number of aromatic nitrogens is 2. The topological polar surface area (TPSA) is 150 Å². The SMILES string of the molecule is CNCc1cc(-c2cc(OC(=O)c3ccc(S(N)(=O)=O)cc3)ccc2F)n(S(=O)(=O)c2cccnc2)c1. The highest BCUT2D eigenvalue weighted by Gasteiger charge is 2.24. The Morgan fingerprint density at radius 1 is 1.05 bits per heavy atom. The number of sulfonamides is 1. The standard InChI is InChI=1S/C24H21FN4O6S2/c1-27-13-16-11-23(29(15-16)37(33,34)20-3-2-10-28-14-20)21-12-18(6-9-22(21)25)35-24(30)17-4-7-19(8-5-17)36(26,31)32/h2-12,14-15,27H,13H2,1H3,(H2,26,31,32). The number of primary sulfonamides is 1. The van der Waals surface area contributed by atoms with Gasteiger partial charge >= 0.3 is 5.97 Å². The van der Waals surface area contributed by atoms with E-state index in [1.165, 1.54) is 61.1 Å². The summed E-state index contributed by atoms with van der Waals surface area (Å²) in [6.45, 7) is 0.313. The molecule has 0 atom stereocenters. The van der Waals surface area contributed by atoms with Crippen LogP contribution in [-0.4, -0.2) is 38.8 Å². The third-order valence-corrected chi connectivity index (χ3v) is 7.84. The van der Waals surface area contributed by atoms with Crippen LogP contribution in [0.4, 0.5) is 4.39 Å². The van der Waals surface area contributed by atoms with Crippen molar-refractivity contribution in [2.24, 2.45) is 5.14 Å². The molecule has 2 aromatic heterocycles. The van der Waals surface area contributed by atoms with Gasteiger partial charge in [0.1, 0.15) is 16.5 Å². The molecule has 0 bridgehead atoms. The Morgan fingerprint density at radius 3 is 2.41 bits per heavy atom. The molecular weight excluding hydrogens is 523 g/mol. The fraction of sp³-hybridized carbons (Fsp3) is 0.0833. The van der Waals surface area contributed by atoms with Crippen molar-refractivity contribution >= 4 is 26.0 Å². The number of halogens is 1. The largest absolute Gasteiger partial charge is 0.423 e. The van der Waals surface area contributed by atoms with Gasteiger partial charge in [0, 0.05) is 30.7 Å². The second-order valence-corrected chi connectivity index (χ2v) is 11.2. The van der Waals surface area contributed by atoms with Gasteiger partial charge in [0.2, 0.25) is 10.0 Å². The average Bonchev–Trinajstić information content (AvgIpc) is 3.30. The Hall–Kier alpha value is -3.91. The van der Waals surface area contributed by atoms with E-state index in [9.17, 15) is 26.0 Å². The predicted octanol–water partition coefficient (Wildman–Crippen LogP) is 2.51. The summed E-state index contributed by atoms with van der Waals surface area (Å²) in [5.41, 5.74) is 0.491. The first kappa shape index (κ1) is 26.2. The van der Waals surface area contributed by atoms with Crippen LogP contribution in [0.3, 0.4) is 0 Å². The highest BCUT2D eigenvalue weighted by atomic mass is 32.2. The minimum atomic E-state index is -4.13. The van der Waals surface area contributed by atoms with E-state index in [4.69, 9.17) is 9.88 Å². The first-order valence-electron chi connectivity index (χ1n) is 10.7. The Morgan fingerprint density at radius 2 is 1.78 bits per heavy atom. The number of hydrogen-bond acceptors (Lipinski definition) is 8. The van der Waals surface area contributed by atoms with Crippen LogP contribution in [0.25, 0.3) is 11.3 Å². The number of ether oxygens (including phenoxy) is 1. The summed E-state index contributed by atoms with van der Waals surface area (Å²) in [5.74, 6) is -1.64. The smallest absolute Gasteiger partial charge is 0.343 e. The van der Waals surface area contributed by atoms with E-state index in [-0.39, 0.29) is 32.4 Å². The number of nitrogens with zero attached hydrogens (tertiary/aromatic N) is 2. The minimum absolute atomic E-state index is 0.0157. The highest BCUT2D eigenvalue weighted by Crippen LogP contribution is 2.32. The molecule has 10 nitrogen and oxygen atoms in total. The number of hydrogen-bond donors (Lipinski definition) is 2. The Kier molecular flexibility index (Phi) is 7.23. The summed E-state index contributed by atoms with van der Waals surface area (Å²) in [4.78, 5) is 16.2. The molecule has 3 N–H and O–H groups in total. The summed E-state index contributed by atoms with van der Waals surface area (Å²) in [6.07, 6.45) is 3.99. The van der Waals surface area contributed by atoms with E-state index in [1.54, 1.807) is 7.05 Å². The number of nitrogens with two attached hydrogens (primary N) is 1. The zero-order chi connectivity index (χ0) is 26.8. The van der Waals surface area contributed by atoms with E-state index in [0.717, 1.165) is 22.2 Å². The maximum atomic E-state index is 15.0. The molecular formula is C24H21FN4O6S2. The number of carbonyl (C=O) groups excluding carboxylic acids is 1. The van der Waals surface area contributed by atoms with Crippen LogP contribution in [0.2, 0.25) is 0 Å². The van der Waals surface area contributed by atoms with E-state index >= 15 is 0 Å². The first-order valence-corrected chi connectivity index (χ1v) is 13.7. The summed E-state index contributed by atoms with van der Waals surface area (Å²) < 4.78 is 70.8. The molecule has 4 rings (SSSR count). The molecule has 2 heterocycles. The Bertz CT molecular complexity index is 1670. The van der Waals surface area contributed by atoms with Crippen molar-refractivity contribution in [3.05, 3.63) is 96.2 Å². The van der Waals surface area contributed by atoms with Crippen LogP contribution in [0.5, 0.6) is 5.75 Å². The maximum absolute atomic E-state index is 15.0. The molecule has 0 amide bonds. The quantitative estimate of drug-likeness (QED) is 0.254. The first-order chi connectivity index (χ1) is 17.5. The Balaban J connectivity index is 1.72. The second kappa shape index (κ2) is 10.2. The number of pyridine rings is 1. The van der Waals surface area contributed by atoms with Crippen molar-refractivity contribution in [1.29, 1.82) is 0 Å². The summed E-state index contributed by atoms with van der Waals surface area (Å²) in [6, 6.07) is 12.6. The monoisotopic (exact) mass is 544 g/mol. The lowest BCUT2D eigenvalue weighted by Gasteiger charge is -2.12. The van der Waals surface area contributed by atoms with Crippen LogP contribution < -0.4 is 15.2 Å². The van der Waals surface area contributed by atoms with E-state index in [2.05, 4.69) is 10.3 Å². The zero-order valence-electron chi connectivity index (χ0n) is 19.3. The fourth-order valence-electron chi connectivity index (χ4n) is 3.52. The molecule has 0 radical (unpaired) electrons. The molecule has 0 aliphatic heterocycles. The molecule has 4 aromatic rings. The molecule has 0 unspecified atom stereocenters. The van der Waals surface area contributed by atoms with Crippen molar-refractivity contribution in [2.75, 3.05) is 7.05 Å². The predicted molar refractivity (Wildman–Crippen MR) is 132 cm³/mol. The van der Waals surface area contributed by atoms with E-state index in [0.29, 0.717) is 12.1 Å². The van der Waals surface area contributed by atoms with Gasteiger partial charge in [0.25, 0.3) is 10.0 Å². The van der Waals surface area contributed by atoms with Gasteiger partial charge in [-0.15, -0.1) is 0 Å². The molecule has 2 aromatic carbocycles. The number of carbonyl (C=O) groups is 1. The molecule has 0 saturated carbocycles. The summed E-state index contributed by atoms with van der Waals surface area (Å²) in [5, 5.41) is 7.98. The van der Waals surface area contributed by atoms with Crippen molar-refractivity contribution in [3.63, 3.8) is 0 Å². The molecule has 0 fully saturated rings. The van der Waals surface area contributed by atoms with Crippen LogP contribution in [-0.2, 0) is 26.6 Å². The average molecular weight is 545 g/mol. The molecule has 0 saturated heterocycles. The van der Waals surface area contributed by atoms with Gasteiger partial charge in [-0.2, -0.15) is 0 Å². The lowest BCUT2D eigenvalue weighted by atomic mass is 10.1. The molecule has 192 valence electrons. The van der Waals surface area contributed by atoms with Crippen molar-refractivity contribution < 1.29 is 30.8 Å². The number of nitrogens with one attached hydrogen (secondary N) is 1.